The smallest absolute Gasteiger partial charge is 0.123 e. The number of likely N-dealkylation sites (tertiary alicyclic amines) is 1. The molecule has 1 aliphatic carbocycles. The van der Waals surface area contributed by atoms with Crippen LogP contribution in [0.1, 0.15) is 43.7 Å². The van der Waals surface area contributed by atoms with E-state index in [1.54, 1.807) is 0 Å². The fourth-order valence-corrected chi connectivity index (χ4v) is 3.97. The van der Waals surface area contributed by atoms with E-state index in [1.165, 1.54) is 18.6 Å². The Labute approximate surface area is 114 Å². The molecule has 2 nitrogen and oxygen atoms in total. The largest absolute Gasteiger partial charge is 0.389 e. The van der Waals surface area contributed by atoms with Gasteiger partial charge in [0.1, 0.15) is 5.82 Å². The summed E-state index contributed by atoms with van der Waals surface area (Å²) in [6, 6.07) is 7.02. The van der Waals surface area contributed by atoms with E-state index in [2.05, 4.69) is 11.9 Å². The van der Waals surface area contributed by atoms with Gasteiger partial charge in [0.2, 0.25) is 0 Å². The molecule has 0 amide bonds. The van der Waals surface area contributed by atoms with Crippen molar-refractivity contribution in [3.05, 3.63) is 35.6 Å². The minimum atomic E-state index is -0.510. The number of piperidine rings is 1. The lowest BCUT2D eigenvalue weighted by atomic mass is 9.66. The molecule has 0 bridgehead atoms. The predicted octanol–water partition coefficient (Wildman–Crippen LogP) is 3.12. The number of nitrogens with zero attached hydrogens (tertiary/aromatic N) is 1. The summed E-state index contributed by atoms with van der Waals surface area (Å²) in [7, 11) is 2.11. The zero-order chi connectivity index (χ0) is 13.5. The zero-order valence-electron chi connectivity index (χ0n) is 11.5. The van der Waals surface area contributed by atoms with Gasteiger partial charge in [-0.1, -0.05) is 25.0 Å². The van der Waals surface area contributed by atoms with Gasteiger partial charge in [0, 0.05) is 18.5 Å². The van der Waals surface area contributed by atoms with Gasteiger partial charge in [0.05, 0.1) is 5.60 Å². The molecule has 1 N–H and O–H groups in total. The van der Waals surface area contributed by atoms with Gasteiger partial charge in [-0.2, -0.15) is 0 Å². The lowest BCUT2D eigenvalue weighted by Crippen LogP contribution is -2.53. The van der Waals surface area contributed by atoms with Gasteiger partial charge >= 0.3 is 0 Å². The highest BCUT2D eigenvalue weighted by Gasteiger charge is 2.47. The second-order valence-electron chi connectivity index (χ2n) is 6.18. The predicted molar refractivity (Wildman–Crippen MR) is 73.3 cm³/mol. The molecule has 1 aromatic rings. The van der Waals surface area contributed by atoms with Gasteiger partial charge < -0.3 is 5.11 Å². The quantitative estimate of drug-likeness (QED) is 0.841. The number of fused-ring (bicyclic) bond motifs is 1. The maximum absolute atomic E-state index is 13.1. The van der Waals surface area contributed by atoms with Crippen LogP contribution >= 0.6 is 0 Å². The van der Waals surface area contributed by atoms with E-state index in [0.29, 0.717) is 0 Å². The molecule has 1 aromatic carbocycles. The highest BCUT2D eigenvalue weighted by atomic mass is 19.1. The molecule has 104 valence electrons. The Morgan fingerprint density at radius 2 is 1.95 bits per heavy atom. The maximum atomic E-state index is 13.1. The van der Waals surface area contributed by atoms with Crippen LogP contribution < -0.4 is 0 Å². The Bertz CT molecular complexity index is 447. The second-order valence-corrected chi connectivity index (χ2v) is 6.18. The van der Waals surface area contributed by atoms with E-state index in [9.17, 15) is 9.50 Å². The standard InChI is InChI=1S/C16H22FNO/c1-18-11-10-16(19)9-3-2-4-14(16)15(18)12-5-7-13(17)8-6-12/h5-8,14-15,19H,2-4,9-11H2,1H3. The molecular weight excluding hydrogens is 241 g/mol. The number of halogens is 1. The van der Waals surface area contributed by atoms with Crippen LogP contribution in [0.25, 0.3) is 0 Å². The molecule has 0 radical (unpaired) electrons. The van der Waals surface area contributed by atoms with Crippen LogP contribution in [0, 0.1) is 11.7 Å². The van der Waals surface area contributed by atoms with Gasteiger partial charge in [-0.25, -0.2) is 4.39 Å². The zero-order valence-corrected chi connectivity index (χ0v) is 11.5. The fraction of sp³-hybridized carbons (Fsp3) is 0.625. The summed E-state index contributed by atoms with van der Waals surface area (Å²) in [6.07, 6.45) is 5.18. The Morgan fingerprint density at radius 3 is 2.68 bits per heavy atom. The van der Waals surface area contributed by atoms with Gasteiger partial charge in [0.15, 0.2) is 0 Å². The van der Waals surface area contributed by atoms with Crippen LogP contribution in [0.2, 0.25) is 0 Å². The summed E-state index contributed by atoms with van der Waals surface area (Å²) in [6.45, 7) is 0.912. The summed E-state index contributed by atoms with van der Waals surface area (Å²) < 4.78 is 13.1. The van der Waals surface area contributed by atoms with E-state index in [1.807, 2.05) is 12.1 Å². The van der Waals surface area contributed by atoms with Crippen molar-refractivity contribution in [2.24, 2.45) is 5.92 Å². The van der Waals surface area contributed by atoms with E-state index in [-0.39, 0.29) is 17.8 Å². The molecule has 3 atom stereocenters. The molecule has 1 heterocycles. The Morgan fingerprint density at radius 1 is 1.21 bits per heavy atom. The van der Waals surface area contributed by atoms with Crippen LogP contribution in [0.4, 0.5) is 4.39 Å². The average molecular weight is 263 g/mol. The summed E-state index contributed by atoms with van der Waals surface area (Å²) >= 11 is 0. The third-order valence-corrected chi connectivity index (χ3v) is 5.03. The van der Waals surface area contributed by atoms with Crippen molar-refractivity contribution in [2.75, 3.05) is 13.6 Å². The molecule has 1 aliphatic heterocycles. The molecule has 1 saturated carbocycles. The van der Waals surface area contributed by atoms with Crippen molar-refractivity contribution < 1.29 is 9.50 Å². The van der Waals surface area contributed by atoms with Crippen molar-refractivity contribution in [1.29, 1.82) is 0 Å². The monoisotopic (exact) mass is 263 g/mol. The normalized spacial score (nSPS) is 35.9. The van der Waals surface area contributed by atoms with E-state index in [4.69, 9.17) is 0 Å². The fourth-order valence-electron chi connectivity index (χ4n) is 3.97. The minimum absolute atomic E-state index is 0.193. The first-order valence-electron chi connectivity index (χ1n) is 7.28. The van der Waals surface area contributed by atoms with E-state index >= 15 is 0 Å². The highest BCUT2D eigenvalue weighted by Crippen LogP contribution is 2.48. The topological polar surface area (TPSA) is 23.5 Å². The molecular formula is C16H22FNO. The maximum Gasteiger partial charge on any atom is 0.123 e. The second kappa shape index (κ2) is 4.88. The van der Waals surface area contributed by atoms with Crippen molar-refractivity contribution in [2.45, 2.75) is 43.7 Å². The molecule has 1 saturated heterocycles. The first kappa shape index (κ1) is 13.1. The number of aliphatic hydroxyl groups is 1. The van der Waals surface area contributed by atoms with E-state index < -0.39 is 5.60 Å². The summed E-state index contributed by atoms with van der Waals surface area (Å²) in [5.41, 5.74) is 0.623. The molecule has 3 unspecified atom stereocenters. The SMILES string of the molecule is CN1CCC2(O)CCCCC2C1c1ccc(F)cc1. The first-order chi connectivity index (χ1) is 9.10. The molecule has 0 spiro atoms. The van der Waals surface area contributed by atoms with Gasteiger partial charge in [-0.05, 0) is 44.0 Å². The summed E-state index contributed by atoms with van der Waals surface area (Å²) in [5, 5.41) is 10.9. The Balaban J connectivity index is 1.94. The average Bonchev–Trinajstić information content (AvgIpc) is 2.41. The molecule has 19 heavy (non-hydrogen) atoms. The third kappa shape index (κ3) is 2.30. The molecule has 3 rings (SSSR count). The third-order valence-electron chi connectivity index (χ3n) is 5.03. The first-order valence-corrected chi connectivity index (χ1v) is 7.28. The lowest BCUT2D eigenvalue weighted by molar-refractivity contribution is -0.118. The van der Waals surface area contributed by atoms with Crippen LogP contribution in [-0.2, 0) is 0 Å². The van der Waals surface area contributed by atoms with E-state index in [0.717, 1.165) is 37.8 Å². The summed E-state index contributed by atoms with van der Waals surface area (Å²) in [4.78, 5) is 2.32. The summed E-state index contributed by atoms with van der Waals surface area (Å²) in [5.74, 6) is 0.0894. The van der Waals surface area contributed by atoms with Crippen LogP contribution in [-0.4, -0.2) is 29.2 Å². The van der Waals surface area contributed by atoms with Crippen molar-refractivity contribution in [1.82, 2.24) is 4.90 Å². The highest BCUT2D eigenvalue weighted by molar-refractivity contribution is 5.23. The van der Waals surface area contributed by atoms with Crippen molar-refractivity contribution in [3.63, 3.8) is 0 Å². The number of rotatable bonds is 1. The minimum Gasteiger partial charge on any atom is -0.389 e. The van der Waals surface area contributed by atoms with Crippen LogP contribution in [0.15, 0.2) is 24.3 Å². The molecule has 2 fully saturated rings. The van der Waals surface area contributed by atoms with Gasteiger partial charge in [-0.3, -0.25) is 4.90 Å². The number of hydrogen-bond donors (Lipinski definition) is 1. The Hall–Kier alpha value is -0.930. The number of benzene rings is 1. The van der Waals surface area contributed by atoms with Crippen LogP contribution in [0.3, 0.4) is 0 Å². The number of hydrogen-bond acceptors (Lipinski definition) is 2. The van der Waals surface area contributed by atoms with Gasteiger partial charge in [-0.15, -0.1) is 0 Å². The molecule has 0 aromatic heterocycles. The van der Waals surface area contributed by atoms with Gasteiger partial charge in [0.25, 0.3) is 0 Å². The molecule has 2 aliphatic rings. The Kier molecular flexibility index (Phi) is 3.35. The molecule has 3 heteroatoms. The van der Waals surface area contributed by atoms with Crippen molar-refractivity contribution in [3.8, 4) is 0 Å². The lowest BCUT2D eigenvalue weighted by Gasteiger charge is -2.51. The van der Waals surface area contributed by atoms with Crippen LogP contribution in [0.5, 0.6) is 0 Å². The van der Waals surface area contributed by atoms with Crippen molar-refractivity contribution >= 4 is 0 Å².